The van der Waals surface area contributed by atoms with Crippen LogP contribution in [-0.4, -0.2) is 43.7 Å². The summed E-state index contributed by atoms with van der Waals surface area (Å²) in [6, 6.07) is 8.56. The van der Waals surface area contributed by atoms with Crippen LogP contribution in [0.3, 0.4) is 0 Å². The lowest BCUT2D eigenvalue weighted by Crippen LogP contribution is -2.35. The molecule has 1 atom stereocenters. The minimum absolute atomic E-state index is 0.0754. The Morgan fingerprint density at radius 3 is 3.06 bits per heavy atom. The summed E-state index contributed by atoms with van der Waals surface area (Å²) in [5, 5.41) is 2.65. The first-order valence-electron chi connectivity index (χ1n) is 5.81. The van der Waals surface area contributed by atoms with Gasteiger partial charge in [0.05, 0.1) is 6.54 Å². The summed E-state index contributed by atoms with van der Waals surface area (Å²) in [6.45, 7) is 1.41. The smallest absolute Gasteiger partial charge is 0.233 e. The zero-order valence-corrected chi connectivity index (χ0v) is 11.1. The van der Waals surface area contributed by atoms with Crippen molar-refractivity contribution >= 4 is 17.7 Å². The van der Waals surface area contributed by atoms with Crippen molar-refractivity contribution < 1.29 is 4.79 Å². The normalized spacial score (nSPS) is 18.2. The highest BCUT2D eigenvalue weighted by molar-refractivity contribution is 7.99. The Kier molecular flexibility index (Phi) is 4.07. The molecule has 1 aliphatic rings. The molecule has 17 heavy (non-hydrogen) atoms. The van der Waals surface area contributed by atoms with Crippen LogP contribution in [0.15, 0.2) is 29.2 Å². The van der Waals surface area contributed by atoms with Gasteiger partial charge in [0.1, 0.15) is 0 Å². The summed E-state index contributed by atoms with van der Waals surface area (Å²) in [5.41, 5.74) is 1.43. The average Bonchev–Trinajstić information content (AvgIpc) is 2.72. The Morgan fingerprint density at radius 2 is 2.29 bits per heavy atom. The van der Waals surface area contributed by atoms with Crippen LogP contribution in [0.4, 0.5) is 0 Å². The van der Waals surface area contributed by atoms with Gasteiger partial charge in [-0.1, -0.05) is 18.2 Å². The maximum absolute atomic E-state index is 11.3. The molecule has 92 valence electrons. The van der Waals surface area contributed by atoms with Gasteiger partial charge in [-0.15, -0.1) is 11.8 Å². The number of rotatable bonds is 4. The van der Waals surface area contributed by atoms with Crippen molar-refractivity contribution in [1.82, 2.24) is 10.2 Å². The molecule has 0 radical (unpaired) electrons. The highest BCUT2D eigenvalue weighted by Gasteiger charge is 2.24. The van der Waals surface area contributed by atoms with Crippen molar-refractivity contribution in [2.45, 2.75) is 10.8 Å². The molecule has 1 N–H and O–H groups in total. The van der Waals surface area contributed by atoms with E-state index in [1.165, 1.54) is 10.5 Å². The number of fused-ring (bicyclic) bond motifs is 1. The van der Waals surface area contributed by atoms with Gasteiger partial charge in [0.15, 0.2) is 0 Å². The molecule has 1 heterocycles. The van der Waals surface area contributed by atoms with E-state index >= 15 is 0 Å². The van der Waals surface area contributed by atoms with Gasteiger partial charge in [-0.05, 0) is 18.7 Å². The molecule has 3 nitrogen and oxygen atoms in total. The molecule has 1 aliphatic heterocycles. The Balaban J connectivity index is 1.95. The van der Waals surface area contributed by atoms with E-state index in [1.807, 2.05) is 18.8 Å². The van der Waals surface area contributed by atoms with Gasteiger partial charge >= 0.3 is 0 Å². The van der Waals surface area contributed by atoms with Crippen molar-refractivity contribution in [2.24, 2.45) is 0 Å². The predicted molar refractivity (Wildman–Crippen MR) is 71.5 cm³/mol. The van der Waals surface area contributed by atoms with Gasteiger partial charge in [0.25, 0.3) is 0 Å². The minimum atomic E-state index is 0.0754. The van der Waals surface area contributed by atoms with Crippen molar-refractivity contribution in [2.75, 3.05) is 32.9 Å². The van der Waals surface area contributed by atoms with Crippen LogP contribution < -0.4 is 5.32 Å². The topological polar surface area (TPSA) is 32.3 Å². The van der Waals surface area contributed by atoms with Gasteiger partial charge in [0, 0.05) is 30.2 Å². The van der Waals surface area contributed by atoms with E-state index in [0.717, 1.165) is 12.3 Å². The highest BCUT2D eigenvalue weighted by Crippen LogP contribution is 2.39. The lowest BCUT2D eigenvalue weighted by Gasteiger charge is -2.20. The van der Waals surface area contributed by atoms with E-state index in [0.29, 0.717) is 12.5 Å². The average molecular weight is 250 g/mol. The van der Waals surface area contributed by atoms with Crippen LogP contribution >= 0.6 is 11.8 Å². The van der Waals surface area contributed by atoms with Crippen molar-refractivity contribution in [3.05, 3.63) is 29.8 Å². The molecule has 1 aromatic carbocycles. The molecule has 0 aromatic heterocycles. The Hall–Kier alpha value is -1.00. The molecule has 0 saturated carbocycles. The van der Waals surface area contributed by atoms with Crippen LogP contribution in [-0.2, 0) is 4.79 Å². The monoisotopic (exact) mass is 250 g/mol. The third kappa shape index (κ3) is 3.01. The number of carbonyl (C=O) groups is 1. The second kappa shape index (κ2) is 5.56. The summed E-state index contributed by atoms with van der Waals surface area (Å²) >= 11 is 1.92. The second-order valence-electron chi connectivity index (χ2n) is 4.42. The second-order valence-corrected chi connectivity index (χ2v) is 5.48. The zero-order chi connectivity index (χ0) is 12.3. The van der Waals surface area contributed by atoms with Crippen LogP contribution in [0.5, 0.6) is 0 Å². The fourth-order valence-electron chi connectivity index (χ4n) is 2.15. The summed E-state index contributed by atoms with van der Waals surface area (Å²) < 4.78 is 0. The number of hydrogen-bond donors (Lipinski definition) is 1. The van der Waals surface area contributed by atoms with E-state index in [2.05, 4.69) is 34.5 Å². The summed E-state index contributed by atoms with van der Waals surface area (Å²) in [6.07, 6.45) is 0. The first kappa shape index (κ1) is 12.5. The number of nitrogens with one attached hydrogen (secondary N) is 1. The summed E-state index contributed by atoms with van der Waals surface area (Å²) in [4.78, 5) is 14.8. The molecular formula is C13H18N2OS. The summed E-state index contributed by atoms with van der Waals surface area (Å²) in [5.74, 6) is 1.74. The van der Waals surface area contributed by atoms with E-state index in [9.17, 15) is 4.79 Å². The first-order valence-corrected chi connectivity index (χ1v) is 6.80. The van der Waals surface area contributed by atoms with Gasteiger partial charge < -0.3 is 5.32 Å². The SMILES string of the molecule is CNC(=O)CN(C)CC1CSc2ccccc21. The first-order chi connectivity index (χ1) is 8.20. The molecule has 0 saturated heterocycles. The minimum Gasteiger partial charge on any atom is -0.358 e. The largest absolute Gasteiger partial charge is 0.358 e. The number of benzene rings is 1. The fraction of sp³-hybridized carbons (Fsp3) is 0.462. The fourth-order valence-corrected chi connectivity index (χ4v) is 3.39. The highest BCUT2D eigenvalue weighted by atomic mass is 32.2. The Labute approximate surface area is 107 Å². The number of nitrogens with zero attached hydrogens (tertiary/aromatic N) is 1. The maximum atomic E-state index is 11.3. The number of thioether (sulfide) groups is 1. The third-order valence-electron chi connectivity index (χ3n) is 3.02. The Morgan fingerprint density at radius 1 is 1.53 bits per heavy atom. The number of likely N-dealkylation sites (N-methyl/N-ethyl adjacent to an activating group) is 2. The van der Waals surface area contributed by atoms with Crippen molar-refractivity contribution in [3.8, 4) is 0 Å². The van der Waals surface area contributed by atoms with Crippen molar-refractivity contribution in [3.63, 3.8) is 0 Å². The molecule has 0 spiro atoms. The molecule has 0 aliphatic carbocycles. The van der Waals surface area contributed by atoms with Gasteiger partial charge in [0.2, 0.25) is 5.91 Å². The molecule has 2 rings (SSSR count). The van der Waals surface area contributed by atoms with Gasteiger partial charge in [-0.25, -0.2) is 0 Å². The lowest BCUT2D eigenvalue weighted by atomic mass is 10.0. The molecule has 1 unspecified atom stereocenters. The van der Waals surface area contributed by atoms with Crippen LogP contribution in [0.25, 0.3) is 0 Å². The van der Waals surface area contributed by atoms with Crippen LogP contribution in [0.1, 0.15) is 11.5 Å². The molecule has 4 heteroatoms. The molecule has 1 amide bonds. The number of amides is 1. The molecule has 1 aromatic rings. The van der Waals surface area contributed by atoms with Crippen molar-refractivity contribution in [1.29, 1.82) is 0 Å². The number of hydrogen-bond acceptors (Lipinski definition) is 3. The van der Waals surface area contributed by atoms with E-state index in [-0.39, 0.29) is 5.91 Å². The van der Waals surface area contributed by atoms with E-state index in [4.69, 9.17) is 0 Å². The Bertz CT molecular complexity index is 408. The van der Waals surface area contributed by atoms with Crippen LogP contribution in [0, 0.1) is 0 Å². The predicted octanol–water partition coefficient (Wildman–Crippen LogP) is 1.55. The third-order valence-corrected chi connectivity index (χ3v) is 4.28. The van der Waals surface area contributed by atoms with Crippen LogP contribution in [0.2, 0.25) is 0 Å². The maximum Gasteiger partial charge on any atom is 0.233 e. The molecule has 0 bridgehead atoms. The van der Waals surface area contributed by atoms with E-state index in [1.54, 1.807) is 7.05 Å². The van der Waals surface area contributed by atoms with Gasteiger partial charge in [-0.3, -0.25) is 9.69 Å². The molecule has 0 fully saturated rings. The number of carbonyl (C=O) groups excluding carboxylic acids is 1. The zero-order valence-electron chi connectivity index (χ0n) is 10.3. The lowest BCUT2D eigenvalue weighted by molar-refractivity contribution is -0.121. The van der Waals surface area contributed by atoms with Gasteiger partial charge in [-0.2, -0.15) is 0 Å². The summed E-state index contributed by atoms with van der Waals surface area (Å²) in [7, 11) is 3.68. The quantitative estimate of drug-likeness (QED) is 0.880. The molecular weight excluding hydrogens is 232 g/mol. The standard InChI is InChI=1S/C13H18N2OS/c1-14-13(16)8-15(2)7-10-9-17-12-6-4-3-5-11(10)12/h3-6,10H,7-9H2,1-2H3,(H,14,16). The van der Waals surface area contributed by atoms with E-state index < -0.39 is 0 Å².